The number of amides is 2. The second kappa shape index (κ2) is 5.15. The van der Waals surface area contributed by atoms with Gasteiger partial charge in [0.25, 0.3) is 5.91 Å². The number of hydrogen-bond acceptors (Lipinski definition) is 5. The van der Waals surface area contributed by atoms with Crippen LogP contribution in [0.3, 0.4) is 0 Å². The number of carbonyl (C=O) groups excluding carboxylic acids is 2. The van der Waals surface area contributed by atoms with Crippen molar-refractivity contribution in [2.45, 2.75) is 24.9 Å². The number of anilines is 1. The molecule has 2 amide bonds. The average Bonchev–Trinajstić information content (AvgIpc) is 3.22. The highest BCUT2D eigenvalue weighted by Gasteiger charge is 2.49. The van der Waals surface area contributed by atoms with Gasteiger partial charge in [0.05, 0.1) is 30.2 Å². The van der Waals surface area contributed by atoms with E-state index in [4.69, 9.17) is 0 Å². The lowest BCUT2D eigenvalue weighted by Gasteiger charge is -2.24. The van der Waals surface area contributed by atoms with Gasteiger partial charge in [0.15, 0.2) is 0 Å². The van der Waals surface area contributed by atoms with E-state index in [1.807, 2.05) is 13.2 Å². The summed E-state index contributed by atoms with van der Waals surface area (Å²) in [5.74, 6) is -0.129. The SMILES string of the molecule is Cn1cc(N2C(=O)C[C@H]3[C@H]2CCN3C(=O)c2cnccn2)cn1. The van der Waals surface area contributed by atoms with Gasteiger partial charge >= 0.3 is 0 Å². The fourth-order valence-corrected chi connectivity index (χ4v) is 3.52. The Balaban J connectivity index is 1.60. The maximum Gasteiger partial charge on any atom is 0.274 e. The molecule has 0 saturated carbocycles. The van der Waals surface area contributed by atoms with Crippen LogP contribution < -0.4 is 4.90 Å². The number of fused-ring (bicyclic) bond motifs is 1. The van der Waals surface area contributed by atoms with Gasteiger partial charge in [-0.05, 0) is 6.42 Å². The summed E-state index contributed by atoms with van der Waals surface area (Å²) < 4.78 is 1.67. The second-order valence-electron chi connectivity index (χ2n) is 5.85. The van der Waals surface area contributed by atoms with Crippen molar-refractivity contribution in [1.29, 1.82) is 0 Å². The third-order valence-corrected chi connectivity index (χ3v) is 4.51. The summed E-state index contributed by atoms with van der Waals surface area (Å²) in [5.41, 5.74) is 1.11. The molecule has 8 heteroatoms. The van der Waals surface area contributed by atoms with E-state index < -0.39 is 0 Å². The Labute approximate surface area is 132 Å². The molecule has 118 valence electrons. The molecule has 0 radical (unpaired) electrons. The Kier molecular flexibility index (Phi) is 3.10. The first-order valence-electron chi connectivity index (χ1n) is 7.53. The van der Waals surface area contributed by atoms with Gasteiger partial charge in [-0.15, -0.1) is 0 Å². The third-order valence-electron chi connectivity index (χ3n) is 4.51. The minimum absolute atomic E-state index is 0.00678. The summed E-state index contributed by atoms with van der Waals surface area (Å²) in [7, 11) is 1.82. The molecule has 4 rings (SSSR count). The molecule has 0 spiro atoms. The Morgan fingerprint density at radius 1 is 1.26 bits per heavy atom. The standard InChI is InChI=1S/C15H16N6O2/c1-19-9-10(7-18-19)21-12-2-5-20(13(12)6-14(21)22)15(23)11-8-16-3-4-17-11/h3-4,7-9,12-13H,2,5-6H2,1H3/t12-,13+/m1/s1. The first kappa shape index (κ1) is 13.9. The molecule has 2 aliphatic heterocycles. The zero-order chi connectivity index (χ0) is 16.0. The highest BCUT2D eigenvalue weighted by molar-refractivity contribution is 5.99. The summed E-state index contributed by atoms with van der Waals surface area (Å²) in [4.78, 5) is 36.6. The lowest BCUT2D eigenvalue weighted by molar-refractivity contribution is -0.117. The summed E-state index contributed by atoms with van der Waals surface area (Å²) in [5, 5.41) is 4.14. The van der Waals surface area contributed by atoms with Gasteiger partial charge in [0.1, 0.15) is 5.69 Å². The molecule has 2 aliphatic rings. The van der Waals surface area contributed by atoms with Crippen LogP contribution in [0.5, 0.6) is 0 Å². The van der Waals surface area contributed by atoms with Crippen molar-refractivity contribution in [2.75, 3.05) is 11.4 Å². The van der Waals surface area contributed by atoms with E-state index in [1.165, 1.54) is 18.6 Å². The first-order valence-corrected chi connectivity index (χ1v) is 7.53. The molecule has 0 aromatic carbocycles. The monoisotopic (exact) mass is 312 g/mol. The van der Waals surface area contributed by atoms with Crippen molar-refractivity contribution in [1.82, 2.24) is 24.6 Å². The minimum atomic E-state index is -0.161. The zero-order valence-electron chi connectivity index (χ0n) is 12.7. The van der Waals surface area contributed by atoms with E-state index in [0.717, 1.165) is 12.1 Å². The number of hydrogen-bond donors (Lipinski definition) is 0. The van der Waals surface area contributed by atoms with Crippen LogP contribution in [0.1, 0.15) is 23.3 Å². The third kappa shape index (κ3) is 2.18. The maximum absolute atomic E-state index is 12.6. The number of aromatic nitrogens is 4. The molecule has 0 bridgehead atoms. The van der Waals surface area contributed by atoms with E-state index in [0.29, 0.717) is 18.7 Å². The Morgan fingerprint density at radius 3 is 2.83 bits per heavy atom. The van der Waals surface area contributed by atoms with E-state index in [9.17, 15) is 9.59 Å². The molecule has 0 aliphatic carbocycles. The molecule has 2 aromatic rings. The van der Waals surface area contributed by atoms with Crippen LogP contribution in [-0.2, 0) is 11.8 Å². The molecule has 2 saturated heterocycles. The van der Waals surface area contributed by atoms with Crippen LogP contribution in [-0.4, -0.2) is 55.1 Å². The van der Waals surface area contributed by atoms with Crippen molar-refractivity contribution in [3.05, 3.63) is 36.7 Å². The van der Waals surface area contributed by atoms with Crippen molar-refractivity contribution in [3.8, 4) is 0 Å². The molecule has 2 atom stereocenters. The van der Waals surface area contributed by atoms with Crippen molar-refractivity contribution in [2.24, 2.45) is 7.05 Å². The predicted octanol–water partition coefficient (Wildman–Crippen LogP) is 0.230. The van der Waals surface area contributed by atoms with Gasteiger partial charge < -0.3 is 9.80 Å². The van der Waals surface area contributed by atoms with Gasteiger partial charge in [-0.2, -0.15) is 5.10 Å². The van der Waals surface area contributed by atoms with Crippen LogP contribution in [0.2, 0.25) is 0 Å². The smallest absolute Gasteiger partial charge is 0.274 e. The fourth-order valence-electron chi connectivity index (χ4n) is 3.52. The molecular formula is C15H16N6O2. The largest absolute Gasteiger partial charge is 0.332 e. The van der Waals surface area contributed by atoms with E-state index in [2.05, 4.69) is 15.1 Å². The van der Waals surface area contributed by atoms with Gasteiger partial charge in [0, 0.05) is 38.6 Å². The normalized spacial score (nSPS) is 23.4. The average molecular weight is 312 g/mol. The van der Waals surface area contributed by atoms with Crippen LogP contribution in [0.4, 0.5) is 5.69 Å². The van der Waals surface area contributed by atoms with E-state index >= 15 is 0 Å². The van der Waals surface area contributed by atoms with E-state index in [-0.39, 0.29) is 23.9 Å². The molecule has 23 heavy (non-hydrogen) atoms. The number of nitrogens with zero attached hydrogens (tertiary/aromatic N) is 6. The lowest BCUT2D eigenvalue weighted by atomic mass is 10.1. The molecule has 0 N–H and O–H groups in total. The van der Waals surface area contributed by atoms with Crippen molar-refractivity contribution < 1.29 is 9.59 Å². The van der Waals surface area contributed by atoms with Crippen molar-refractivity contribution >= 4 is 17.5 Å². The zero-order valence-corrected chi connectivity index (χ0v) is 12.7. The molecule has 0 unspecified atom stereocenters. The topological polar surface area (TPSA) is 84.2 Å². The van der Waals surface area contributed by atoms with Crippen LogP contribution in [0.25, 0.3) is 0 Å². The summed E-state index contributed by atoms with van der Waals surface area (Å²) >= 11 is 0. The second-order valence-corrected chi connectivity index (χ2v) is 5.85. The van der Waals surface area contributed by atoms with Gasteiger partial charge in [-0.25, -0.2) is 4.98 Å². The molecule has 8 nitrogen and oxygen atoms in total. The lowest BCUT2D eigenvalue weighted by Crippen LogP contribution is -2.40. The van der Waals surface area contributed by atoms with Crippen molar-refractivity contribution in [3.63, 3.8) is 0 Å². The molecule has 2 aromatic heterocycles. The summed E-state index contributed by atoms with van der Waals surface area (Å²) in [6, 6.07) is -0.107. The Bertz CT molecular complexity index is 758. The van der Waals surface area contributed by atoms with Gasteiger partial charge in [-0.1, -0.05) is 0 Å². The van der Waals surface area contributed by atoms with Crippen LogP contribution >= 0.6 is 0 Å². The Hall–Kier alpha value is -2.77. The van der Waals surface area contributed by atoms with Crippen LogP contribution in [0.15, 0.2) is 31.0 Å². The fraction of sp³-hybridized carbons (Fsp3) is 0.400. The van der Waals surface area contributed by atoms with Gasteiger partial charge in [-0.3, -0.25) is 19.3 Å². The summed E-state index contributed by atoms with van der Waals surface area (Å²) in [6.45, 7) is 0.620. The van der Waals surface area contributed by atoms with E-state index in [1.54, 1.807) is 20.7 Å². The highest BCUT2D eigenvalue weighted by atomic mass is 16.2. The number of carbonyl (C=O) groups is 2. The first-order chi connectivity index (χ1) is 11.1. The number of aryl methyl sites for hydroxylation is 1. The molecular weight excluding hydrogens is 296 g/mol. The molecule has 4 heterocycles. The number of rotatable bonds is 2. The maximum atomic E-state index is 12.6. The van der Waals surface area contributed by atoms with Gasteiger partial charge in [0.2, 0.25) is 5.91 Å². The molecule has 2 fully saturated rings. The minimum Gasteiger partial charge on any atom is -0.332 e. The predicted molar refractivity (Wildman–Crippen MR) is 80.6 cm³/mol. The quantitative estimate of drug-likeness (QED) is 0.792. The summed E-state index contributed by atoms with van der Waals surface area (Å²) in [6.07, 6.45) is 9.12. The van der Waals surface area contributed by atoms with Crippen LogP contribution in [0, 0.1) is 0 Å². The highest BCUT2D eigenvalue weighted by Crippen LogP contribution is 2.36. The number of likely N-dealkylation sites (tertiary alicyclic amines) is 1. The Morgan fingerprint density at radius 2 is 2.13 bits per heavy atom.